The van der Waals surface area contributed by atoms with Gasteiger partial charge >= 0.3 is 0 Å². The smallest absolute Gasteiger partial charge is 0.176 e. The molecule has 0 fully saturated rings. The normalized spacial score (nSPS) is 11.5. The van der Waals surface area contributed by atoms with Gasteiger partial charge in [-0.2, -0.15) is 0 Å². The van der Waals surface area contributed by atoms with Crippen LogP contribution in [0.25, 0.3) is 11.1 Å². The van der Waals surface area contributed by atoms with Gasteiger partial charge in [0.25, 0.3) is 0 Å². The summed E-state index contributed by atoms with van der Waals surface area (Å²) in [6.07, 6.45) is 2.10. The molecule has 0 atom stereocenters. The summed E-state index contributed by atoms with van der Waals surface area (Å²) in [6.45, 7) is 2.06. The van der Waals surface area contributed by atoms with Gasteiger partial charge in [-0.1, -0.05) is 47.1 Å². The summed E-state index contributed by atoms with van der Waals surface area (Å²) >= 11 is 3.45. The topological polar surface area (TPSA) is 34.1 Å². The fraction of sp³-hybridized carbons (Fsp3) is 0.200. The van der Waals surface area contributed by atoms with Crippen LogP contribution in [0, 0.1) is 0 Å². The molecule has 0 saturated heterocycles. The van der Waals surface area contributed by atoms with Gasteiger partial charge < -0.3 is 0 Å². The van der Waals surface area contributed by atoms with Crippen molar-refractivity contribution >= 4 is 25.8 Å². The molecular formula is C15H15BrO2S. The number of aryl methyl sites for hydroxylation is 1. The van der Waals surface area contributed by atoms with E-state index in [4.69, 9.17) is 0 Å². The molecule has 0 radical (unpaired) electrons. The molecule has 0 N–H and O–H groups in total. The molecule has 2 rings (SSSR count). The maximum atomic E-state index is 11.9. The lowest BCUT2D eigenvalue weighted by Crippen LogP contribution is -2.01. The lowest BCUT2D eigenvalue weighted by molar-refractivity contribution is 0.602. The first kappa shape index (κ1) is 14.3. The average molecular weight is 339 g/mol. The van der Waals surface area contributed by atoms with E-state index >= 15 is 0 Å². The van der Waals surface area contributed by atoms with Gasteiger partial charge in [0, 0.05) is 16.3 Å². The molecule has 0 aliphatic heterocycles. The summed E-state index contributed by atoms with van der Waals surface area (Å²) in [7, 11) is -3.23. The van der Waals surface area contributed by atoms with Gasteiger partial charge in [-0.15, -0.1) is 0 Å². The predicted molar refractivity (Wildman–Crippen MR) is 82.1 cm³/mol. The largest absolute Gasteiger partial charge is 0.224 e. The summed E-state index contributed by atoms with van der Waals surface area (Å²) in [5.41, 5.74) is 2.88. The van der Waals surface area contributed by atoms with Crippen LogP contribution in [0.1, 0.15) is 12.5 Å². The Morgan fingerprint density at radius 2 is 1.74 bits per heavy atom. The molecule has 0 amide bonds. The van der Waals surface area contributed by atoms with Crippen molar-refractivity contribution < 1.29 is 8.42 Å². The van der Waals surface area contributed by atoms with Crippen molar-refractivity contribution in [2.24, 2.45) is 0 Å². The Labute approximate surface area is 122 Å². The third-order valence-corrected chi connectivity index (χ3v) is 4.67. The Morgan fingerprint density at radius 1 is 1.05 bits per heavy atom. The molecule has 0 spiro atoms. The molecule has 0 bridgehead atoms. The Balaban J connectivity index is 2.73. The average Bonchev–Trinajstić information content (AvgIpc) is 2.37. The van der Waals surface area contributed by atoms with E-state index in [0.717, 1.165) is 27.6 Å². The van der Waals surface area contributed by atoms with Crippen LogP contribution in [-0.2, 0) is 16.3 Å². The molecular weight excluding hydrogens is 324 g/mol. The maximum absolute atomic E-state index is 11.9. The molecule has 0 aromatic heterocycles. The van der Waals surface area contributed by atoms with E-state index < -0.39 is 9.84 Å². The van der Waals surface area contributed by atoms with Crippen molar-refractivity contribution in [1.29, 1.82) is 0 Å². The van der Waals surface area contributed by atoms with E-state index in [0.29, 0.717) is 4.90 Å². The van der Waals surface area contributed by atoms with Crippen LogP contribution in [-0.4, -0.2) is 14.7 Å². The minimum Gasteiger partial charge on any atom is -0.224 e. The number of benzene rings is 2. The van der Waals surface area contributed by atoms with Crippen molar-refractivity contribution in [3.8, 4) is 11.1 Å². The molecule has 0 saturated carbocycles. The quantitative estimate of drug-likeness (QED) is 0.844. The standard InChI is InChI=1S/C15H15BrO2S/c1-3-11-10-12(16)8-9-13(11)14-6-4-5-7-15(14)19(2,17)18/h4-10H,3H2,1-2H3. The van der Waals surface area contributed by atoms with Gasteiger partial charge in [0.1, 0.15) is 0 Å². The van der Waals surface area contributed by atoms with Crippen molar-refractivity contribution in [1.82, 2.24) is 0 Å². The van der Waals surface area contributed by atoms with Gasteiger partial charge in [0.05, 0.1) is 4.90 Å². The fourth-order valence-corrected chi connectivity index (χ4v) is 3.44. The third kappa shape index (κ3) is 3.07. The molecule has 2 aromatic carbocycles. The van der Waals surface area contributed by atoms with Crippen LogP contribution in [0.4, 0.5) is 0 Å². The molecule has 2 aromatic rings. The zero-order valence-electron chi connectivity index (χ0n) is 10.9. The van der Waals surface area contributed by atoms with Crippen LogP contribution in [0.2, 0.25) is 0 Å². The van der Waals surface area contributed by atoms with Gasteiger partial charge in [0.2, 0.25) is 0 Å². The van der Waals surface area contributed by atoms with Crippen molar-refractivity contribution in [3.05, 3.63) is 52.5 Å². The highest BCUT2D eigenvalue weighted by Crippen LogP contribution is 2.31. The van der Waals surface area contributed by atoms with Crippen LogP contribution >= 0.6 is 15.9 Å². The molecule has 0 aliphatic carbocycles. The van der Waals surface area contributed by atoms with Gasteiger partial charge in [-0.25, -0.2) is 8.42 Å². The maximum Gasteiger partial charge on any atom is 0.176 e. The number of hydrogen-bond acceptors (Lipinski definition) is 2. The monoisotopic (exact) mass is 338 g/mol. The Kier molecular flexibility index (Phi) is 4.11. The molecule has 0 heterocycles. The highest BCUT2D eigenvalue weighted by molar-refractivity contribution is 9.10. The number of sulfone groups is 1. The second-order valence-electron chi connectivity index (χ2n) is 4.42. The Hall–Kier alpha value is -1.13. The second kappa shape index (κ2) is 5.47. The van der Waals surface area contributed by atoms with Crippen LogP contribution in [0.3, 0.4) is 0 Å². The Bertz CT molecular complexity index is 706. The molecule has 100 valence electrons. The van der Waals surface area contributed by atoms with E-state index in [1.807, 2.05) is 30.3 Å². The van der Waals surface area contributed by atoms with Crippen molar-refractivity contribution in [3.63, 3.8) is 0 Å². The van der Waals surface area contributed by atoms with Gasteiger partial charge in [-0.05, 0) is 35.7 Å². The lowest BCUT2D eigenvalue weighted by atomic mass is 9.98. The number of halogens is 1. The van der Waals surface area contributed by atoms with Crippen LogP contribution in [0.15, 0.2) is 51.8 Å². The SMILES string of the molecule is CCc1cc(Br)ccc1-c1ccccc1S(C)(=O)=O. The van der Waals surface area contributed by atoms with Gasteiger partial charge in [0.15, 0.2) is 9.84 Å². The molecule has 0 unspecified atom stereocenters. The number of rotatable bonds is 3. The van der Waals surface area contributed by atoms with E-state index in [9.17, 15) is 8.42 Å². The van der Waals surface area contributed by atoms with Crippen molar-refractivity contribution in [2.45, 2.75) is 18.2 Å². The first-order valence-corrected chi connectivity index (χ1v) is 8.70. The minimum absolute atomic E-state index is 0.382. The third-order valence-electron chi connectivity index (χ3n) is 3.02. The summed E-state index contributed by atoms with van der Waals surface area (Å²) in [5.74, 6) is 0. The van der Waals surface area contributed by atoms with E-state index in [1.54, 1.807) is 12.1 Å². The first-order valence-electron chi connectivity index (χ1n) is 6.01. The predicted octanol–water partition coefficient (Wildman–Crippen LogP) is 4.08. The summed E-state index contributed by atoms with van der Waals surface area (Å²) in [6, 6.07) is 13.1. The second-order valence-corrected chi connectivity index (χ2v) is 7.32. The zero-order chi connectivity index (χ0) is 14.0. The minimum atomic E-state index is -3.23. The summed E-state index contributed by atoms with van der Waals surface area (Å²) in [4.78, 5) is 0.382. The fourth-order valence-electron chi connectivity index (χ4n) is 2.13. The van der Waals surface area contributed by atoms with E-state index in [1.165, 1.54) is 6.26 Å². The molecule has 4 heteroatoms. The first-order chi connectivity index (χ1) is 8.93. The highest BCUT2D eigenvalue weighted by Gasteiger charge is 2.15. The molecule has 19 heavy (non-hydrogen) atoms. The van der Waals surface area contributed by atoms with Crippen molar-refractivity contribution in [2.75, 3.05) is 6.26 Å². The van der Waals surface area contributed by atoms with Crippen LogP contribution < -0.4 is 0 Å². The summed E-state index contributed by atoms with van der Waals surface area (Å²) in [5, 5.41) is 0. The van der Waals surface area contributed by atoms with Gasteiger partial charge in [-0.3, -0.25) is 0 Å². The summed E-state index contributed by atoms with van der Waals surface area (Å²) < 4.78 is 24.8. The van der Waals surface area contributed by atoms with Crippen LogP contribution in [0.5, 0.6) is 0 Å². The molecule has 0 aliphatic rings. The lowest BCUT2D eigenvalue weighted by Gasteiger charge is -2.12. The number of hydrogen-bond donors (Lipinski definition) is 0. The highest BCUT2D eigenvalue weighted by atomic mass is 79.9. The van der Waals surface area contributed by atoms with E-state index in [2.05, 4.69) is 22.9 Å². The molecule has 2 nitrogen and oxygen atoms in total. The zero-order valence-corrected chi connectivity index (χ0v) is 13.3. The van der Waals surface area contributed by atoms with E-state index in [-0.39, 0.29) is 0 Å². The Morgan fingerprint density at radius 3 is 2.37 bits per heavy atom.